The van der Waals surface area contributed by atoms with Gasteiger partial charge < -0.3 is 9.47 Å². The second-order valence-corrected chi connectivity index (χ2v) is 5.72. The average Bonchev–Trinajstić information content (AvgIpc) is 2.41. The number of carbonyl (C=O) groups is 2. The molecule has 4 nitrogen and oxygen atoms in total. The molecule has 1 aromatic carbocycles. The van der Waals surface area contributed by atoms with Gasteiger partial charge in [0, 0.05) is 6.92 Å². The smallest absolute Gasteiger partial charge is 0.311 e. The first kappa shape index (κ1) is 17.0. The van der Waals surface area contributed by atoms with E-state index in [4.69, 9.17) is 9.47 Å². The maximum Gasteiger partial charge on any atom is 0.311 e. The third-order valence-corrected chi connectivity index (χ3v) is 2.65. The number of hydrogen-bond acceptors (Lipinski definition) is 4. The van der Waals surface area contributed by atoms with Crippen molar-refractivity contribution in [3.63, 3.8) is 0 Å². The van der Waals surface area contributed by atoms with Crippen molar-refractivity contribution in [3.8, 4) is 0 Å². The summed E-state index contributed by atoms with van der Waals surface area (Å²) in [5.74, 6) is -0.629. The Balaban J connectivity index is 2.64. The van der Waals surface area contributed by atoms with E-state index in [1.54, 1.807) is 32.9 Å². The van der Waals surface area contributed by atoms with Crippen molar-refractivity contribution in [3.05, 3.63) is 48.0 Å². The van der Waals surface area contributed by atoms with Crippen LogP contribution in [-0.2, 0) is 19.1 Å². The van der Waals surface area contributed by atoms with E-state index < -0.39 is 11.5 Å². The van der Waals surface area contributed by atoms with Crippen LogP contribution in [0.15, 0.2) is 42.5 Å². The van der Waals surface area contributed by atoms with E-state index in [0.717, 1.165) is 5.56 Å². The molecule has 1 atom stereocenters. The monoisotopic (exact) mass is 290 g/mol. The number of ether oxygens (including phenoxy) is 2. The van der Waals surface area contributed by atoms with E-state index in [0.29, 0.717) is 0 Å². The Kier molecular flexibility index (Phi) is 6.15. The zero-order chi connectivity index (χ0) is 15.9. The Labute approximate surface area is 125 Å². The maximum atomic E-state index is 11.6. The Morgan fingerprint density at radius 1 is 1.19 bits per heavy atom. The lowest BCUT2D eigenvalue weighted by Crippen LogP contribution is -2.22. The molecule has 0 amide bonds. The highest BCUT2D eigenvalue weighted by Crippen LogP contribution is 2.19. The highest BCUT2D eigenvalue weighted by Gasteiger charge is 2.22. The molecule has 0 aliphatic rings. The molecule has 114 valence electrons. The van der Waals surface area contributed by atoms with Gasteiger partial charge in [-0.2, -0.15) is 0 Å². The van der Waals surface area contributed by atoms with E-state index >= 15 is 0 Å². The molecule has 0 heterocycles. The van der Waals surface area contributed by atoms with Crippen LogP contribution in [0.25, 0.3) is 0 Å². The minimum atomic E-state index is -0.525. The SMILES string of the molecule is CC(=O)OC(/C=C/COC(=O)C(C)(C)C)c1ccccc1. The highest BCUT2D eigenvalue weighted by atomic mass is 16.5. The first-order chi connectivity index (χ1) is 9.80. The summed E-state index contributed by atoms with van der Waals surface area (Å²) in [6.07, 6.45) is 2.92. The molecule has 0 radical (unpaired) electrons. The van der Waals surface area contributed by atoms with Crippen molar-refractivity contribution in [2.45, 2.75) is 33.8 Å². The summed E-state index contributed by atoms with van der Waals surface area (Å²) in [6.45, 7) is 6.91. The van der Waals surface area contributed by atoms with Crippen LogP contribution < -0.4 is 0 Å². The van der Waals surface area contributed by atoms with E-state index in [1.807, 2.05) is 30.3 Å². The summed E-state index contributed by atoms with van der Waals surface area (Å²) in [7, 11) is 0. The number of esters is 2. The summed E-state index contributed by atoms with van der Waals surface area (Å²) in [5, 5.41) is 0. The highest BCUT2D eigenvalue weighted by molar-refractivity contribution is 5.75. The van der Waals surface area contributed by atoms with Crippen LogP contribution in [0.1, 0.15) is 39.4 Å². The number of carbonyl (C=O) groups excluding carboxylic acids is 2. The fourth-order valence-corrected chi connectivity index (χ4v) is 1.56. The van der Waals surface area contributed by atoms with Crippen LogP contribution in [0.5, 0.6) is 0 Å². The molecule has 1 rings (SSSR count). The normalized spacial score (nSPS) is 13.0. The number of rotatable bonds is 5. The molecular formula is C17H22O4. The fourth-order valence-electron chi connectivity index (χ4n) is 1.56. The van der Waals surface area contributed by atoms with Gasteiger partial charge >= 0.3 is 11.9 Å². The quantitative estimate of drug-likeness (QED) is 0.616. The third-order valence-electron chi connectivity index (χ3n) is 2.65. The maximum absolute atomic E-state index is 11.6. The van der Waals surface area contributed by atoms with Crippen LogP contribution in [0.3, 0.4) is 0 Å². The molecular weight excluding hydrogens is 268 g/mol. The van der Waals surface area contributed by atoms with Crippen LogP contribution in [0.4, 0.5) is 0 Å². The summed E-state index contributed by atoms with van der Waals surface area (Å²) < 4.78 is 10.4. The van der Waals surface area contributed by atoms with Crippen molar-refractivity contribution in [2.24, 2.45) is 5.41 Å². The van der Waals surface area contributed by atoms with Gasteiger partial charge in [0.2, 0.25) is 0 Å². The first-order valence-corrected chi connectivity index (χ1v) is 6.87. The molecule has 4 heteroatoms. The van der Waals surface area contributed by atoms with Crippen LogP contribution >= 0.6 is 0 Å². The fraction of sp³-hybridized carbons (Fsp3) is 0.412. The topological polar surface area (TPSA) is 52.6 Å². The lowest BCUT2D eigenvalue weighted by Gasteiger charge is -2.16. The molecule has 0 bridgehead atoms. The molecule has 0 saturated carbocycles. The van der Waals surface area contributed by atoms with Crippen LogP contribution in [0.2, 0.25) is 0 Å². The molecule has 0 N–H and O–H groups in total. The van der Waals surface area contributed by atoms with Crippen molar-refractivity contribution >= 4 is 11.9 Å². The molecule has 0 fully saturated rings. The van der Waals surface area contributed by atoms with Gasteiger partial charge in [0.1, 0.15) is 12.7 Å². The van der Waals surface area contributed by atoms with E-state index in [1.165, 1.54) is 6.92 Å². The standard InChI is InChI=1S/C17H22O4/c1-13(18)21-15(14-9-6-5-7-10-14)11-8-12-20-16(19)17(2,3)4/h5-11,15H,12H2,1-4H3/b11-8+. The third kappa shape index (κ3) is 6.25. The van der Waals surface area contributed by atoms with Gasteiger partial charge in [-0.3, -0.25) is 9.59 Å². The Bertz CT molecular complexity index is 497. The molecule has 0 aliphatic carbocycles. The summed E-state index contributed by atoms with van der Waals surface area (Å²) >= 11 is 0. The number of benzene rings is 1. The molecule has 0 aromatic heterocycles. The number of hydrogen-bond donors (Lipinski definition) is 0. The molecule has 0 saturated heterocycles. The lowest BCUT2D eigenvalue weighted by molar-refractivity contribution is -0.151. The van der Waals surface area contributed by atoms with Crippen LogP contribution in [-0.4, -0.2) is 18.5 Å². The summed E-state index contributed by atoms with van der Waals surface area (Å²) in [5.41, 5.74) is 0.342. The van der Waals surface area contributed by atoms with Gasteiger partial charge in [-0.15, -0.1) is 0 Å². The van der Waals surface area contributed by atoms with E-state index in [9.17, 15) is 9.59 Å². The zero-order valence-corrected chi connectivity index (χ0v) is 13.0. The Hall–Kier alpha value is -2.10. The van der Waals surface area contributed by atoms with Crippen molar-refractivity contribution in [1.82, 2.24) is 0 Å². The summed E-state index contributed by atoms with van der Waals surface area (Å²) in [6, 6.07) is 9.39. The zero-order valence-electron chi connectivity index (χ0n) is 13.0. The predicted molar refractivity (Wildman–Crippen MR) is 80.5 cm³/mol. The predicted octanol–water partition coefficient (Wildman–Crippen LogP) is 3.44. The molecule has 21 heavy (non-hydrogen) atoms. The van der Waals surface area contributed by atoms with E-state index in [-0.39, 0.29) is 18.5 Å². The largest absolute Gasteiger partial charge is 0.461 e. The van der Waals surface area contributed by atoms with Gasteiger partial charge in [-0.1, -0.05) is 30.3 Å². The van der Waals surface area contributed by atoms with Gasteiger partial charge in [0.15, 0.2) is 0 Å². The summed E-state index contributed by atoms with van der Waals surface area (Å²) in [4.78, 5) is 22.8. The average molecular weight is 290 g/mol. The van der Waals surface area contributed by atoms with Crippen molar-refractivity contribution in [2.75, 3.05) is 6.61 Å². The Morgan fingerprint density at radius 2 is 1.81 bits per heavy atom. The first-order valence-electron chi connectivity index (χ1n) is 6.87. The van der Waals surface area contributed by atoms with Gasteiger partial charge in [-0.25, -0.2) is 0 Å². The molecule has 1 aromatic rings. The molecule has 0 aliphatic heterocycles. The minimum absolute atomic E-state index is 0.153. The second kappa shape index (κ2) is 7.62. The molecule has 0 spiro atoms. The van der Waals surface area contributed by atoms with Crippen molar-refractivity contribution < 1.29 is 19.1 Å². The lowest BCUT2D eigenvalue weighted by atomic mass is 9.97. The second-order valence-electron chi connectivity index (χ2n) is 5.72. The molecule has 1 unspecified atom stereocenters. The van der Waals surface area contributed by atoms with Gasteiger partial charge in [-0.05, 0) is 38.5 Å². The van der Waals surface area contributed by atoms with E-state index in [2.05, 4.69) is 0 Å². The van der Waals surface area contributed by atoms with Gasteiger partial charge in [0.05, 0.1) is 5.41 Å². The van der Waals surface area contributed by atoms with Gasteiger partial charge in [0.25, 0.3) is 0 Å². The van der Waals surface area contributed by atoms with Crippen LogP contribution in [0, 0.1) is 5.41 Å². The Morgan fingerprint density at radius 3 is 2.33 bits per heavy atom. The van der Waals surface area contributed by atoms with Crippen molar-refractivity contribution in [1.29, 1.82) is 0 Å². The minimum Gasteiger partial charge on any atom is -0.461 e.